The number of ether oxygens (including phenoxy) is 1. The summed E-state index contributed by atoms with van der Waals surface area (Å²) in [6.45, 7) is 2.33. The van der Waals surface area contributed by atoms with E-state index in [1.807, 2.05) is 31.2 Å². The number of halogens is 2. The van der Waals surface area contributed by atoms with E-state index in [9.17, 15) is 4.39 Å². The smallest absolute Gasteiger partial charge is 0.123 e. The molecule has 0 aliphatic rings. The third kappa shape index (κ3) is 3.24. The molecule has 0 bridgehead atoms. The van der Waals surface area contributed by atoms with Gasteiger partial charge in [-0.3, -0.25) is 0 Å². The molecule has 3 rings (SSSR count). The van der Waals surface area contributed by atoms with Crippen molar-refractivity contribution in [3.63, 3.8) is 0 Å². The Bertz CT molecular complexity index is 798. The minimum atomic E-state index is -0.215. The van der Waals surface area contributed by atoms with Crippen LogP contribution in [0.5, 0.6) is 5.75 Å². The SMILES string of the molecule is Cc1cc(F)ccc1COc1ccc2cc(Br)ccc2c1. The molecule has 1 nitrogen and oxygen atoms in total. The summed E-state index contributed by atoms with van der Waals surface area (Å²) >= 11 is 3.46. The maximum absolute atomic E-state index is 13.1. The first kappa shape index (κ1) is 14.1. The molecule has 0 spiro atoms. The van der Waals surface area contributed by atoms with E-state index in [2.05, 4.69) is 28.1 Å². The van der Waals surface area contributed by atoms with Crippen molar-refractivity contribution >= 4 is 26.7 Å². The van der Waals surface area contributed by atoms with Crippen molar-refractivity contribution in [1.29, 1.82) is 0 Å². The summed E-state index contributed by atoms with van der Waals surface area (Å²) in [6, 6.07) is 16.9. The lowest BCUT2D eigenvalue weighted by Gasteiger charge is -2.10. The zero-order chi connectivity index (χ0) is 14.8. The molecule has 0 aliphatic carbocycles. The second kappa shape index (κ2) is 5.86. The van der Waals surface area contributed by atoms with Crippen molar-refractivity contribution in [3.05, 3.63) is 76.0 Å². The fourth-order valence-corrected chi connectivity index (χ4v) is 2.65. The lowest BCUT2D eigenvalue weighted by Crippen LogP contribution is -1.98. The Morgan fingerprint density at radius 1 is 0.952 bits per heavy atom. The van der Waals surface area contributed by atoms with Crippen LogP contribution in [0.25, 0.3) is 10.8 Å². The monoisotopic (exact) mass is 344 g/mol. The summed E-state index contributed by atoms with van der Waals surface area (Å²) in [5.74, 6) is 0.598. The second-order valence-electron chi connectivity index (χ2n) is 5.01. The van der Waals surface area contributed by atoms with Gasteiger partial charge in [0.05, 0.1) is 0 Å². The quantitative estimate of drug-likeness (QED) is 0.598. The summed E-state index contributed by atoms with van der Waals surface area (Å²) in [5, 5.41) is 2.29. The first-order valence-corrected chi connectivity index (χ1v) is 7.48. The lowest BCUT2D eigenvalue weighted by molar-refractivity contribution is 0.305. The van der Waals surface area contributed by atoms with E-state index in [0.29, 0.717) is 6.61 Å². The summed E-state index contributed by atoms with van der Waals surface area (Å²) in [7, 11) is 0. The predicted molar refractivity (Wildman–Crippen MR) is 87.1 cm³/mol. The van der Waals surface area contributed by atoms with Crippen LogP contribution in [0, 0.1) is 12.7 Å². The fourth-order valence-electron chi connectivity index (χ4n) is 2.27. The van der Waals surface area contributed by atoms with Crippen LogP contribution in [-0.4, -0.2) is 0 Å². The van der Waals surface area contributed by atoms with Gasteiger partial charge in [-0.05, 0) is 65.2 Å². The van der Waals surface area contributed by atoms with Gasteiger partial charge in [0, 0.05) is 4.47 Å². The minimum absolute atomic E-state index is 0.215. The van der Waals surface area contributed by atoms with Gasteiger partial charge in [-0.25, -0.2) is 4.39 Å². The van der Waals surface area contributed by atoms with Crippen molar-refractivity contribution in [1.82, 2.24) is 0 Å². The first-order valence-electron chi connectivity index (χ1n) is 6.69. The van der Waals surface area contributed by atoms with E-state index in [0.717, 1.165) is 32.1 Å². The molecule has 0 saturated heterocycles. The molecule has 3 heteroatoms. The lowest BCUT2D eigenvalue weighted by atomic mass is 10.1. The Kier molecular flexibility index (Phi) is 3.93. The Morgan fingerprint density at radius 3 is 2.52 bits per heavy atom. The normalized spacial score (nSPS) is 10.8. The molecule has 0 radical (unpaired) electrons. The summed E-state index contributed by atoms with van der Waals surface area (Å²) in [6.07, 6.45) is 0. The van der Waals surface area contributed by atoms with Crippen LogP contribution in [0.4, 0.5) is 4.39 Å². The first-order chi connectivity index (χ1) is 10.1. The molecule has 0 aliphatic heterocycles. The summed E-state index contributed by atoms with van der Waals surface area (Å²) in [5.41, 5.74) is 1.90. The van der Waals surface area contributed by atoms with Gasteiger partial charge in [-0.15, -0.1) is 0 Å². The molecule has 0 fully saturated rings. The molecule has 0 heterocycles. The molecule has 0 saturated carbocycles. The standard InChI is InChI=1S/C18H14BrFO/c1-12-8-17(20)6-3-15(12)11-21-18-7-4-13-9-16(19)5-2-14(13)10-18/h2-10H,11H2,1H3. The van der Waals surface area contributed by atoms with Crippen LogP contribution in [0.1, 0.15) is 11.1 Å². The van der Waals surface area contributed by atoms with Crippen LogP contribution in [0.15, 0.2) is 59.1 Å². The van der Waals surface area contributed by atoms with E-state index in [-0.39, 0.29) is 5.82 Å². The number of aryl methyl sites for hydroxylation is 1. The second-order valence-corrected chi connectivity index (χ2v) is 5.93. The highest BCUT2D eigenvalue weighted by Crippen LogP contribution is 2.25. The molecule has 0 N–H and O–H groups in total. The van der Waals surface area contributed by atoms with E-state index >= 15 is 0 Å². The average Bonchev–Trinajstić information content (AvgIpc) is 2.46. The Hall–Kier alpha value is -1.87. The van der Waals surface area contributed by atoms with Crippen molar-refractivity contribution in [2.75, 3.05) is 0 Å². The predicted octanol–water partition coefficient (Wildman–Crippen LogP) is 5.63. The largest absolute Gasteiger partial charge is 0.489 e. The van der Waals surface area contributed by atoms with E-state index in [1.54, 1.807) is 6.07 Å². The summed E-state index contributed by atoms with van der Waals surface area (Å²) < 4.78 is 20.0. The Morgan fingerprint density at radius 2 is 1.71 bits per heavy atom. The molecule has 3 aromatic rings. The van der Waals surface area contributed by atoms with Gasteiger partial charge < -0.3 is 4.74 Å². The zero-order valence-corrected chi connectivity index (χ0v) is 13.2. The minimum Gasteiger partial charge on any atom is -0.489 e. The molecule has 106 valence electrons. The van der Waals surface area contributed by atoms with Crippen molar-refractivity contribution in [2.45, 2.75) is 13.5 Å². The Balaban J connectivity index is 1.80. The molecule has 0 amide bonds. The van der Waals surface area contributed by atoms with Gasteiger partial charge in [0.1, 0.15) is 18.2 Å². The third-order valence-electron chi connectivity index (χ3n) is 3.47. The van der Waals surface area contributed by atoms with Crippen LogP contribution in [0.3, 0.4) is 0 Å². The molecular weight excluding hydrogens is 331 g/mol. The highest BCUT2D eigenvalue weighted by molar-refractivity contribution is 9.10. The molecule has 0 unspecified atom stereocenters. The zero-order valence-electron chi connectivity index (χ0n) is 11.6. The third-order valence-corrected chi connectivity index (χ3v) is 3.97. The van der Waals surface area contributed by atoms with E-state index < -0.39 is 0 Å². The van der Waals surface area contributed by atoms with E-state index in [4.69, 9.17) is 4.74 Å². The number of fused-ring (bicyclic) bond motifs is 1. The van der Waals surface area contributed by atoms with Gasteiger partial charge in [0.15, 0.2) is 0 Å². The van der Waals surface area contributed by atoms with Crippen molar-refractivity contribution < 1.29 is 9.13 Å². The van der Waals surface area contributed by atoms with Gasteiger partial charge in [-0.2, -0.15) is 0 Å². The maximum atomic E-state index is 13.1. The number of hydrogen-bond donors (Lipinski definition) is 0. The maximum Gasteiger partial charge on any atom is 0.123 e. The van der Waals surface area contributed by atoms with Crippen LogP contribution in [-0.2, 0) is 6.61 Å². The number of hydrogen-bond acceptors (Lipinski definition) is 1. The van der Waals surface area contributed by atoms with E-state index in [1.165, 1.54) is 12.1 Å². The van der Waals surface area contributed by atoms with Crippen LogP contribution < -0.4 is 4.74 Å². The fraction of sp³-hybridized carbons (Fsp3) is 0.111. The number of benzene rings is 3. The van der Waals surface area contributed by atoms with Gasteiger partial charge >= 0.3 is 0 Å². The van der Waals surface area contributed by atoms with Crippen LogP contribution >= 0.6 is 15.9 Å². The average molecular weight is 345 g/mol. The van der Waals surface area contributed by atoms with Gasteiger partial charge in [-0.1, -0.05) is 34.1 Å². The molecule has 3 aromatic carbocycles. The molecule has 21 heavy (non-hydrogen) atoms. The Labute approximate surface area is 131 Å². The highest BCUT2D eigenvalue weighted by Gasteiger charge is 2.03. The van der Waals surface area contributed by atoms with Gasteiger partial charge in [0.2, 0.25) is 0 Å². The van der Waals surface area contributed by atoms with Crippen molar-refractivity contribution in [3.8, 4) is 5.75 Å². The highest BCUT2D eigenvalue weighted by atomic mass is 79.9. The summed E-state index contributed by atoms with van der Waals surface area (Å²) in [4.78, 5) is 0. The molecule has 0 atom stereocenters. The molecular formula is C18H14BrFO. The molecule has 0 aromatic heterocycles. The topological polar surface area (TPSA) is 9.23 Å². The number of rotatable bonds is 3. The van der Waals surface area contributed by atoms with Crippen LogP contribution in [0.2, 0.25) is 0 Å². The van der Waals surface area contributed by atoms with Gasteiger partial charge in [0.25, 0.3) is 0 Å². The van der Waals surface area contributed by atoms with Crippen molar-refractivity contribution in [2.24, 2.45) is 0 Å².